The van der Waals surface area contributed by atoms with Crippen LogP contribution in [0, 0.1) is 0 Å². The van der Waals surface area contributed by atoms with E-state index in [4.69, 9.17) is 4.98 Å². The first-order valence-corrected chi connectivity index (χ1v) is 12.2. The highest BCUT2D eigenvalue weighted by Gasteiger charge is 2.19. The minimum atomic E-state index is -0.301. The summed E-state index contributed by atoms with van der Waals surface area (Å²) in [5.41, 5.74) is 4.23. The number of hydrogen-bond donors (Lipinski definition) is 1. The lowest BCUT2D eigenvalue weighted by atomic mass is 9.94. The molecule has 1 fully saturated rings. The van der Waals surface area contributed by atoms with E-state index < -0.39 is 0 Å². The second kappa shape index (κ2) is 9.44. The average molecular weight is 442 g/mol. The third kappa shape index (κ3) is 4.42. The zero-order valence-electron chi connectivity index (χ0n) is 19.2. The van der Waals surface area contributed by atoms with E-state index >= 15 is 0 Å². The topological polar surface area (TPSA) is 68.0 Å². The van der Waals surface area contributed by atoms with Gasteiger partial charge in [-0.05, 0) is 60.9 Å². The molecule has 4 aromatic rings. The van der Waals surface area contributed by atoms with Gasteiger partial charge in [0.1, 0.15) is 0 Å². The van der Waals surface area contributed by atoms with Gasteiger partial charge in [0, 0.05) is 29.2 Å². The van der Waals surface area contributed by atoms with Crippen molar-refractivity contribution in [2.24, 2.45) is 0 Å². The van der Waals surface area contributed by atoms with E-state index in [-0.39, 0.29) is 17.7 Å². The van der Waals surface area contributed by atoms with Gasteiger partial charge in [-0.2, -0.15) is 0 Å². The smallest absolute Gasteiger partial charge is 0.261 e. The fourth-order valence-electron chi connectivity index (χ4n) is 5.13. The first kappa shape index (κ1) is 21.8. The van der Waals surface area contributed by atoms with Gasteiger partial charge in [0.15, 0.2) is 0 Å². The average Bonchev–Trinajstić information content (AvgIpc) is 2.86. The number of aliphatic hydroxyl groups is 1. The molecular formula is C28H31N3O2. The fourth-order valence-corrected chi connectivity index (χ4v) is 5.13. The lowest BCUT2D eigenvalue weighted by Gasteiger charge is -2.24. The Bertz CT molecular complexity index is 1320. The zero-order valence-corrected chi connectivity index (χ0v) is 19.2. The van der Waals surface area contributed by atoms with E-state index in [1.165, 1.54) is 24.8 Å². The van der Waals surface area contributed by atoms with E-state index in [1.54, 1.807) is 12.5 Å². The van der Waals surface area contributed by atoms with Gasteiger partial charge in [0.05, 0.1) is 23.3 Å². The van der Waals surface area contributed by atoms with Crippen LogP contribution in [0.25, 0.3) is 21.7 Å². The Hall–Kier alpha value is -3.05. The number of rotatable bonds is 6. The summed E-state index contributed by atoms with van der Waals surface area (Å²) in [5, 5.41) is 12.6. The van der Waals surface area contributed by atoms with Crippen LogP contribution in [0.2, 0.25) is 0 Å². The van der Waals surface area contributed by atoms with Gasteiger partial charge in [-0.15, -0.1) is 0 Å². The summed E-state index contributed by atoms with van der Waals surface area (Å²) in [6.45, 7) is 2.00. The number of aliphatic hydroxyl groups excluding tert-OH is 1. The van der Waals surface area contributed by atoms with Crippen molar-refractivity contribution in [3.8, 4) is 0 Å². The Morgan fingerprint density at radius 3 is 2.55 bits per heavy atom. The number of hydrogen-bond acceptors (Lipinski definition) is 4. The molecule has 1 unspecified atom stereocenters. The second-order valence-electron chi connectivity index (χ2n) is 9.36. The van der Waals surface area contributed by atoms with Crippen LogP contribution in [0.1, 0.15) is 68.2 Å². The maximum absolute atomic E-state index is 13.5. The second-order valence-corrected chi connectivity index (χ2v) is 9.36. The van der Waals surface area contributed by atoms with E-state index in [0.29, 0.717) is 18.2 Å². The molecule has 2 aromatic carbocycles. The van der Waals surface area contributed by atoms with Crippen molar-refractivity contribution in [2.45, 2.75) is 70.4 Å². The summed E-state index contributed by atoms with van der Waals surface area (Å²) < 4.78 is 1.87. The Morgan fingerprint density at radius 2 is 1.79 bits per heavy atom. The fraction of sp³-hybridized carbons (Fsp3) is 0.393. The van der Waals surface area contributed by atoms with Crippen molar-refractivity contribution in [1.29, 1.82) is 0 Å². The van der Waals surface area contributed by atoms with Crippen molar-refractivity contribution in [3.05, 3.63) is 82.2 Å². The lowest BCUT2D eigenvalue weighted by molar-refractivity contribution is 0.171. The van der Waals surface area contributed by atoms with Crippen molar-refractivity contribution < 1.29 is 5.11 Å². The van der Waals surface area contributed by atoms with Gasteiger partial charge in [-0.25, -0.2) is 4.98 Å². The van der Waals surface area contributed by atoms with Crippen molar-refractivity contribution in [3.63, 3.8) is 0 Å². The maximum atomic E-state index is 13.5. The molecule has 1 N–H and O–H groups in total. The number of aromatic nitrogens is 3. The van der Waals surface area contributed by atoms with Gasteiger partial charge in [0.2, 0.25) is 0 Å². The molecule has 5 nitrogen and oxygen atoms in total. The predicted molar refractivity (Wildman–Crippen MR) is 133 cm³/mol. The Kier molecular flexibility index (Phi) is 6.23. The van der Waals surface area contributed by atoms with Crippen molar-refractivity contribution in [1.82, 2.24) is 14.5 Å². The molecule has 5 heteroatoms. The van der Waals surface area contributed by atoms with Gasteiger partial charge in [-0.3, -0.25) is 14.3 Å². The first-order chi connectivity index (χ1) is 16.1. The SMILES string of the molecule is CCC(O)Cc1ccc(Cc2cc3c(=O)n(C4CCCCC4)cnc3c3ccncc23)cc1. The molecule has 1 aliphatic rings. The minimum Gasteiger partial charge on any atom is -0.393 e. The third-order valence-corrected chi connectivity index (χ3v) is 7.10. The van der Waals surface area contributed by atoms with Gasteiger partial charge in [0.25, 0.3) is 5.56 Å². The normalized spacial score (nSPS) is 15.8. The Morgan fingerprint density at radius 1 is 1.03 bits per heavy atom. The summed E-state index contributed by atoms with van der Waals surface area (Å²) in [6, 6.07) is 12.7. The Labute approximate surface area is 194 Å². The highest BCUT2D eigenvalue weighted by molar-refractivity contribution is 6.06. The lowest BCUT2D eigenvalue weighted by Crippen LogP contribution is -2.26. The number of fused-ring (bicyclic) bond motifs is 3. The van der Waals surface area contributed by atoms with Crippen LogP contribution in [-0.2, 0) is 12.8 Å². The summed E-state index contributed by atoms with van der Waals surface area (Å²) in [6.07, 6.45) is 13.0. The van der Waals surface area contributed by atoms with Crippen LogP contribution in [0.3, 0.4) is 0 Å². The number of nitrogens with zero attached hydrogens (tertiary/aromatic N) is 3. The standard InChI is InChI=1S/C28H31N3O2/c1-2-23(32)15-20-10-8-19(9-11-20)14-21-16-25-27(24-12-13-29-17-26(21)24)30-18-31(28(25)33)22-6-4-3-5-7-22/h8-13,16-18,22-23,32H,2-7,14-15H2,1H3. The first-order valence-electron chi connectivity index (χ1n) is 12.2. The monoisotopic (exact) mass is 441 g/mol. The van der Waals surface area contributed by atoms with Crippen molar-refractivity contribution in [2.75, 3.05) is 0 Å². The molecule has 0 spiro atoms. The van der Waals surface area contributed by atoms with Crippen LogP contribution in [0.4, 0.5) is 0 Å². The van der Waals surface area contributed by atoms with Gasteiger partial charge >= 0.3 is 0 Å². The largest absolute Gasteiger partial charge is 0.393 e. The summed E-state index contributed by atoms with van der Waals surface area (Å²) in [4.78, 5) is 22.6. The molecule has 1 saturated carbocycles. The maximum Gasteiger partial charge on any atom is 0.261 e. The molecule has 0 aliphatic heterocycles. The predicted octanol–water partition coefficient (Wildman–Crippen LogP) is 5.35. The molecule has 2 aromatic heterocycles. The molecule has 1 aliphatic carbocycles. The van der Waals surface area contributed by atoms with E-state index in [0.717, 1.165) is 46.7 Å². The quantitative estimate of drug-likeness (QED) is 0.409. The molecule has 2 heterocycles. The summed E-state index contributed by atoms with van der Waals surface area (Å²) in [7, 11) is 0. The highest BCUT2D eigenvalue weighted by Crippen LogP contribution is 2.30. The molecule has 0 amide bonds. The molecule has 0 radical (unpaired) electrons. The molecule has 1 atom stereocenters. The molecule has 33 heavy (non-hydrogen) atoms. The molecule has 0 bridgehead atoms. The van der Waals surface area contributed by atoms with E-state index in [2.05, 4.69) is 29.2 Å². The molecule has 0 saturated heterocycles. The van der Waals surface area contributed by atoms with Crippen LogP contribution in [-0.4, -0.2) is 25.7 Å². The van der Waals surface area contributed by atoms with Gasteiger partial charge < -0.3 is 5.11 Å². The third-order valence-electron chi connectivity index (χ3n) is 7.10. The van der Waals surface area contributed by atoms with E-state index in [1.807, 2.05) is 29.8 Å². The highest BCUT2D eigenvalue weighted by atomic mass is 16.3. The van der Waals surface area contributed by atoms with Crippen LogP contribution >= 0.6 is 0 Å². The van der Waals surface area contributed by atoms with E-state index in [9.17, 15) is 9.90 Å². The van der Waals surface area contributed by atoms with Crippen molar-refractivity contribution >= 4 is 21.7 Å². The van der Waals surface area contributed by atoms with Gasteiger partial charge in [-0.1, -0.05) is 50.5 Å². The van der Waals surface area contributed by atoms with Crippen LogP contribution in [0.5, 0.6) is 0 Å². The zero-order chi connectivity index (χ0) is 22.8. The Balaban J connectivity index is 1.56. The van der Waals surface area contributed by atoms with Crippen LogP contribution < -0.4 is 5.56 Å². The number of benzene rings is 2. The van der Waals surface area contributed by atoms with Crippen LogP contribution in [0.15, 0.2) is 59.9 Å². The molecular weight excluding hydrogens is 410 g/mol. The minimum absolute atomic E-state index is 0.0655. The molecule has 170 valence electrons. The number of pyridine rings is 1. The molecule has 5 rings (SSSR count). The summed E-state index contributed by atoms with van der Waals surface area (Å²) in [5.74, 6) is 0. The summed E-state index contributed by atoms with van der Waals surface area (Å²) >= 11 is 0.